The topological polar surface area (TPSA) is 110 Å². The van der Waals surface area contributed by atoms with Gasteiger partial charge >= 0.3 is 0 Å². The van der Waals surface area contributed by atoms with Gasteiger partial charge in [0.05, 0.1) is 6.42 Å². The molecule has 0 atom stereocenters. The molecule has 0 saturated carbocycles. The van der Waals surface area contributed by atoms with E-state index in [-0.39, 0.29) is 35.3 Å². The third-order valence-electron chi connectivity index (χ3n) is 3.10. The summed E-state index contributed by atoms with van der Waals surface area (Å²) in [6.07, 6.45) is 0.549. The number of benzene rings is 2. The summed E-state index contributed by atoms with van der Waals surface area (Å²) in [4.78, 5) is 11.8. The van der Waals surface area contributed by atoms with Crippen molar-refractivity contribution in [2.75, 3.05) is 6.54 Å². The maximum atomic E-state index is 11.8. The van der Waals surface area contributed by atoms with Gasteiger partial charge in [-0.25, -0.2) is 0 Å². The quantitative estimate of drug-likeness (QED) is 0.536. The number of aromatic hydroxyl groups is 4. The molecule has 0 aromatic heterocycles. The highest BCUT2D eigenvalue weighted by Gasteiger charge is 2.06. The molecule has 0 unspecified atom stereocenters. The Morgan fingerprint density at radius 2 is 1.55 bits per heavy atom. The SMILES string of the molecule is O=C(Cc1cc(O)cc(O)c1)NCCc1ccc(O)c(O)c1. The Balaban J connectivity index is 1.83. The van der Waals surface area contributed by atoms with Crippen molar-refractivity contribution in [3.63, 3.8) is 0 Å². The summed E-state index contributed by atoms with van der Waals surface area (Å²) in [6, 6.07) is 8.51. The van der Waals surface area contributed by atoms with Crippen molar-refractivity contribution in [1.82, 2.24) is 5.32 Å². The van der Waals surface area contributed by atoms with E-state index in [1.54, 1.807) is 6.07 Å². The molecule has 5 N–H and O–H groups in total. The zero-order valence-corrected chi connectivity index (χ0v) is 11.8. The minimum absolute atomic E-state index is 0.0444. The molecule has 0 fully saturated rings. The predicted molar refractivity (Wildman–Crippen MR) is 80.0 cm³/mol. The molecule has 0 bridgehead atoms. The van der Waals surface area contributed by atoms with E-state index in [2.05, 4.69) is 5.32 Å². The van der Waals surface area contributed by atoms with E-state index >= 15 is 0 Å². The van der Waals surface area contributed by atoms with Crippen molar-refractivity contribution in [3.8, 4) is 23.0 Å². The van der Waals surface area contributed by atoms with Gasteiger partial charge in [-0.05, 0) is 41.8 Å². The molecular formula is C16H17NO5. The van der Waals surface area contributed by atoms with Crippen LogP contribution in [0.1, 0.15) is 11.1 Å². The third-order valence-corrected chi connectivity index (χ3v) is 3.10. The molecule has 1 amide bonds. The van der Waals surface area contributed by atoms with Crippen molar-refractivity contribution < 1.29 is 25.2 Å². The molecule has 0 radical (unpaired) electrons. The summed E-state index contributed by atoms with van der Waals surface area (Å²) in [7, 11) is 0. The lowest BCUT2D eigenvalue weighted by atomic mass is 10.1. The third kappa shape index (κ3) is 4.31. The van der Waals surface area contributed by atoms with Crippen LogP contribution in [0, 0.1) is 0 Å². The highest BCUT2D eigenvalue weighted by Crippen LogP contribution is 2.25. The number of phenolic OH excluding ortho intramolecular Hbond substituents is 4. The largest absolute Gasteiger partial charge is 0.508 e. The monoisotopic (exact) mass is 303 g/mol. The first-order valence-corrected chi connectivity index (χ1v) is 6.73. The van der Waals surface area contributed by atoms with Crippen LogP contribution in [0.15, 0.2) is 36.4 Å². The fourth-order valence-electron chi connectivity index (χ4n) is 2.08. The van der Waals surface area contributed by atoms with Crippen LogP contribution in [-0.2, 0) is 17.6 Å². The lowest BCUT2D eigenvalue weighted by molar-refractivity contribution is -0.120. The lowest BCUT2D eigenvalue weighted by Crippen LogP contribution is -2.27. The summed E-state index contributed by atoms with van der Waals surface area (Å²) in [5.74, 6) is -0.812. The van der Waals surface area contributed by atoms with Gasteiger partial charge in [0, 0.05) is 12.6 Å². The minimum Gasteiger partial charge on any atom is -0.508 e. The number of hydrogen-bond donors (Lipinski definition) is 5. The number of nitrogens with one attached hydrogen (secondary N) is 1. The molecular weight excluding hydrogens is 286 g/mol. The van der Waals surface area contributed by atoms with E-state index in [0.717, 1.165) is 5.56 Å². The van der Waals surface area contributed by atoms with Gasteiger partial charge < -0.3 is 25.7 Å². The van der Waals surface area contributed by atoms with Gasteiger partial charge in [0.25, 0.3) is 0 Å². The minimum atomic E-state index is -0.243. The van der Waals surface area contributed by atoms with Crippen LogP contribution in [0.4, 0.5) is 0 Å². The van der Waals surface area contributed by atoms with E-state index in [1.807, 2.05) is 0 Å². The molecule has 0 saturated heterocycles. The Labute approximate surface area is 127 Å². The Hall–Kier alpha value is -2.89. The van der Waals surface area contributed by atoms with Crippen molar-refractivity contribution >= 4 is 5.91 Å². The predicted octanol–water partition coefficient (Wildman–Crippen LogP) is 1.41. The summed E-state index contributed by atoms with van der Waals surface area (Å²) >= 11 is 0. The van der Waals surface area contributed by atoms with Gasteiger partial charge in [-0.15, -0.1) is 0 Å². The molecule has 6 nitrogen and oxygen atoms in total. The van der Waals surface area contributed by atoms with Gasteiger partial charge in [-0.2, -0.15) is 0 Å². The van der Waals surface area contributed by atoms with E-state index in [0.29, 0.717) is 18.5 Å². The van der Waals surface area contributed by atoms with Crippen LogP contribution in [0.2, 0.25) is 0 Å². The first-order valence-electron chi connectivity index (χ1n) is 6.73. The van der Waals surface area contributed by atoms with E-state index in [4.69, 9.17) is 0 Å². The van der Waals surface area contributed by atoms with Crippen molar-refractivity contribution in [3.05, 3.63) is 47.5 Å². The van der Waals surface area contributed by atoms with Crippen molar-refractivity contribution in [2.45, 2.75) is 12.8 Å². The average molecular weight is 303 g/mol. The molecule has 0 aliphatic carbocycles. The van der Waals surface area contributed by atoms with E-state index < -0.39 is 0 Å². The molecule has 6 heteroatoms. The van der Waals surface area contributed by atoms with Crippen LogP contribution in [-0.4, -0.2) is 32.9 Å². The second-order valence-electron chi connectivity index (χ2n) is 4.96. The van der Waals surface area contributed by atoms with Gasteiger partial charge in [0.15, 0.2) is 11.5 Å². The average Bonchev–Trinajstić information content (AvgIpc) is 2.41. The van der Waals surface area contributed by atoms with Crippen LogP contribution in [0.25, 0.3) is 0 Å². The van der Waals surface area contributed by atoms with Crippen LogP contribution >= 0.6 is 0 Å². The Kier molecular flexibility index (Phi) is 4.73. The highest BCUT2D eigenvalue weighted by molar-refractivity contribution is 5.78. The zero-order chi connectivity index (χ0) is 16.1. The number of phenols is 4. The van der Waals surface area contributed by atoms with Crippen LogP contribution in [0.5, 0.6) is 23.0 Å². The first kappa shape index (κ1) is 15.5. The number of hydrogen-bond acceptors (Lipinski definition) is 5. The fourth-order valence-corrected chi connectivity index (χ4v) is 2.08. The highest BCUT2D eigenvalue weighted by atomic mass is 16.3. The summed E-state index contributed by atoms with van der Waals surface area (Å²) in [6.45, 7) is 0.369. The smallest absolute Gasteiger partial charge is 0.224 e. The number of amides is 1. The first-order chi connectivity index (χ1) is 10.4. The number of rotatable bonds is 5. The molecule has 0 heterocycles. The lowest BCUT2D eigenvalue weighted by Gasteiger charge is -2.07. The second kappa shape index (κ2) is 6.71. The number of carbonyl (C=O) groups is 1. The van der Waals surface area contributed by atoms with Gasteiger partial charge in [-0.1, -0.05) is 6.07 Å². The van der Waals surface area contributed by atoms with Crippen LogP contribution < -0.4 is 5.32 Å². The standard InChI is InChI=1S/C16H17NO5/c18-12-5-11(6-13(19)9-12)8-16(22)17-4-3-10-1-2-14(20)15(21)7-10/h1-2,5-7,9,18-21H,3-4,8H2,(H,17,22). The maximum Gasteiger partial charge on any atom is 0.224 e. The zero-order valence-electron chi connectivity index (χ0n) is 11.8. The summed E-state index contributed by atoms with van der Waals surface area (Å²) < 4.78 is 0. The Morgan fingerprint density at radius 3 is 2.18 bits per heavy atom. The molecule has 116 valence electrons. The summed E-state index contributed by atoms with van der Waals surface area (Å²) in [5, 5.41) is 40.0. The normalized spacial score (nSPS) is 10.4. The Bertz CT molecular complexity index is 664. The van der Waals surface area contributed by atoms with Crippen LogP contribution in [0.3, 0.4) is 0 Å². The van der Waals surface area contributed by atoms with E-state index in [9.17, 15) is 25.2 Å². The molecule has 0 aliphatic heterocycles. The molecule has 22 heavy (non-hydrogen) atoms. The van der Waals surface area contributed by atoms with Crippen molar-refractivity contribution in [2.24, 2.45) is 0 Å². The summed E-state index contributed by atoms with van der Waals surface area (Å²) in [5.41, 5.74) is 1.29. The van der Waals surface area contributed by atoms with Gasteiger partial charge in [-0.3, -0.25) is 4.79 Å². The fraction of sp³-hybridized carbons (Fsp3) is 0.188. The molecule has 0 spiro atoms. The van der Waals surface area contributed by atoms with Crippen molar-refractivity contribution in [1.29, 1.82) is 0 Å². The van der Waals surface area contributed by atoms with Gasteiger partial charge in [0.1, 0.15) is 11.5 Å². The Morgan fingerprint density at radius 1 is 0.864 bits per heavy atom. The van der Waals surface area contributed by atoms with E-state index in [1.165, 1.54) is 30.3 Å². The van der Waals surface area contributed by atoms with Gasteiger partial charge in [0.2, 0.25) is 5.91 Å². The molecule has 2 aromatic rings. The molecule has 2 rings (SSSR count). The molecule has 2 aromatic carbocycles. The number of carbonyl (C=O) groups excluding carboxylic acids is 1. The maximum absolute atomic E-state index is 11.8. The molecule has 0 aliphatic rings. The second-order valence-corrected chi connectivity index (χ2v) is 4.96.